The first-order valence-corrected chi connectivity index (χ1v) is 9.26. The number of hydrogen-bond donors (Lipinski definition) is 0. The largest absolute Gasteiger partial charge is 0.109 e. The van der Waals surface area contributed by atoms with Crippen molar-refractivity contribution < 1.29 is 0 Å². The van der Waals surface area contributed by atoms with Gasteiger partial charge in [-0.25, -0.2) is 0 Å². The summed E-state index contributed by atoms with van der Waals surface area (Å²) in [5.41, 5.74) is 0. The molecule has 0 aliphatic rings. The third-order valence-corrected chi connectivity index (χ3v) is 12.1. The Bertz CT molecular complexity index is 14.0. The minimum absolute atomic E-state index is 0.226. The first kappa shape index (κ1) is 7.15. The van der Waals surface area contributed by atoms with Gasteiger partial charge in [-0.2, -0.15) is 0 Å². The topological polar surface area (TPSA) is 0 Å². The smallest absolute Gasteiger partial charge is 0.0429 e. The summed E-state index contributed by atoms with van der Waals surface area (Å²) in [4.78, 5) is 0. The number of hydrogen-bond acceptors (Lipinski definition) is 0. The Morgan fingerprint density at radius 3 is 1.60 bits per heavy atom. The van der Waals surface area contributed by atoms with Crippen LogP contribution in [-0.4, -0.2) is 0 Å². The molecule has 0 aromatic heterocycles. The van der Waals surface area contributed by atoms with Crippen molar-refractivity contribution >= 4 is 41.7 Å². The van der Waals surface area contributed by atoms with Gasteiger partial charge in [0.2, 0.25) is 0 Å². The highest BCUT2D eigenvalue weighted by Gasteiger charge is 1.78. The molecular formula is H7P5. The van der Waals surface area contributed by atoms with Crippen LogP contribution in [0.3, 0.4) is 0 Å². The number of rotatable bonds is 1. The van der Waals surface area contributed by atoms with Crippen LogP contribution in [0.5, 0.6) is 0 Å². The van der Waals surface area contributed by atoms with Gasteiger partial charge >= 0.3 is 0 Å². The van der Waals surface area contributed by atoms with Crippen LogP contribution in [-0.2, 0) is 0 Å². The third kappa shape index (κ3) is 6.15. The van der Waals surface area contributed by atoms with E-state index in [1.54, 1.807) is 0 Å². The second-order valence-corrected chi connectivity index (χ2v) is 14.5. The predicted octanol–water partition coefficient (Wildman–Crippen LogP) is 2.43. The van der Waals surface area contributed by atoms with E-state index in [0.717, 1.165) is 7.96 Å². The van der Waals surface area contributed by atoms with E-state index in [1.165, 1.54) is 0 Å². The molecule has 0 heterocycles. The molecule has 0 aliphatic carbocycles. The van der Waals surface area contributed by atoms with Gasteiger partial charge in [0, 0.05) is 0 Å². The van der Waals surface area contributed by atoms with Gasteiger partial charge in [0.25, 0.3) is 0 Å². The molecule has 0 aromatic carbocycles. The molecule has 0 N–H and O–H groups in total. The molecular weight excluding hydrogens is 155 g/mol. The van der Waals surface area contributed by atoms with Gasteiger partial charge in [-0.1, -0.05) is 7.96 Å². The van der Waals surface area contributed by atoms with E-state index in [-0.39, 0.29) is 6.99 Å². The van der Waals surface area contributed by atoms with Crippen molar-refractivity contribution in [2.45, 2.75) is 0 Å². The zero-order valence-corrected chi connectivity index (χ0v) is 8.04. The second-order valence-electron chi connectivity index (χ2n) is 0.536. The Morgan fingerprint density at radius 2 is 1.60 bits per heavy atom. The van der Waals surface area contributed by atoms with Crippen molar-refractivity contribution in [2.75, 3.05) is 0 Å². The standard InChI is InChI=1S/H7P5/c1-4-5(2)3/h4H,1-3H2. The van der Waals surface area contributed by atoms with Gasteiger partial charge in [-0.3, -0.25) is 0 Å². The molecule has 5 heteroatoms. The molecule has 5 heavy (non-hydrogen) atoms. The average Bonchev–Trinajstić information content (AvgIpc) is 1.38. The van der Waals surface area contributed by atoms with E-state index in [9.17, 15) is 0 Å². The van der Waals surface area contributed by atoms with Crippen LogP contribution in [0.2, 0.25) is 0 Å². The molecule has 0 rings (SSSR count). The predicted molar refractivity (Wildman–Crippen MR) is 44.4 cm³/mol. The lowest BCUT2D eigenvalue weighted by Crippen LogP contribution is -0.986. The molecule has 0 aromatic rings. The van der Waals surface area contributed by atoms with Crippen molar-refractivity contribution in [3.63, 3.8) is 0 Å². The fourth-order valence-corrected chi connectivity index (χ4v) is 0. The molecule has 0 nitrogen and oxygen atoms in total. The minimum atomic E-state index is 0.226. The van der Waals surface area contributed by atoms with Crippen molar-refractivity contribution in [1.82, 2.24) is 0 Å². The molecule has 0 amide bonds. The fourth-order valence-electron chi connectivity index (χ4n) is 0. The fraction of sp³-hybridized carbons (Fsp3) is 0. The molecule has 4 unspecified atom stereocenters. The Labute approximate surface area is 42.4 Å². The highest BCUT2D eigenvalue weighted by Crippen LogP contribution is 2.71. The first-order valence-electron chi connectivity index (χ1n) is 1.03. The van der Waals surface area contributed by atoms with Crippen LogP contribution in [0.15, 0.2) is 0 Å². The van der Waals surface area contributed by atoms with Crippen molar-refractivity contribution in [3.8, 4) is 0 Å². The van der Waals surface area contributed by atoms with Crippen molar-refractivity contribution in [1.29, 1.82) is 0 Å². The average molecular weight is 162 g/mol. The maximum atomic E-state index is 2.75. The van der Waals surface area contributed by atoms with Crippen LogP contribution >= 0.6 is 41.7 Å². The molecule has 0 aliphatic heterocycles. The van der Waals surface area contributed by atoms with E-state index < -0.39 is 0 Å². The van der Waals surface area contributed by atoms with Gasteiger partial charge in [-0.05, 0) is 6.99 Å². The zero-order valence-electron chi connectivity index (χ0n) is 2.68. The molecule has 0 saturated carbocycles. The van der Waals surface area contributed by atoms with Crippen LogP contribution in [0.1, 0.15) is 0 Å². The highest BCUT2D eigenvalue weighted by molar-refractivity contribution is 8.77. The summed E-state index contributed by atoms with van der Waals surface area (Å²) in [6, 6.07) is 0. The molecule has 0 bridgehead atoms. The van der Waals surface area contributed by atoms with E-state index in [0.29, 0.717) is 0 Å². The van der Waals surface area contributed by atoms with E-state index >= 15 is 0 Å². The van der Waals surface area contributed by atoms with Gasteiger partial charge < -0.3 is 0 Å². The molecule has 0 saturated heterocycles. The Kier molecular flexibility index (Phi) is 6.17. The molecule has 0 fully saturated rings. The van der Waals surface area contributed by atoms with Crippen molar-refractivity contribution in [3.05, 3.63) is 0 Å². The third-order valence-electron chi connectivity index (χ3n) is 0.149. The van der Waals surface area contributed by atoms with Crippen LogP contribution in [0.4, 0.5) is 0 Å². The summed E-state index contributed by atoms with van der Waals surface area (Å²) in [6.07, 6.45) is 0. The monoisotopic (exact) mass is 162 g/mol. The summed E-state index contributed by atoms with van der Waals surface area (Å²) in [5, 5.41) is 0. The van der Waals surface area contributed by atoms with Crippen LogP contribution in [0.25, 0.3) is 0 Å². The first-order chi connectivity index (χ1) is 2.27. The molecule has 0 spiro atoms. The normalized spacial score (nSPS) is 12.0. The Hall–Kier alpha value is 2.15. The minimum Gasteiger partial charge on any atom is -0.109 e. The van der Waals surface area contributed by atoms with Gasteiger partial charge in [0.1, 0.15) is 0 Å². The SMILES string of the molecule is PPP(P)P. The summed E-state index contributed by atoms with van der Waals surface area (Å²) >= 11 is 0. The van der Waals surface area contributed by atoms with Crippen molar-refractivity contribution in [2.24, 2.45) is 0 Å². The van der Waals surface area contributed by atoms with E-state index in [2.05, 4.69) is 26.8 Å². The quantitative estimate of drug-likeness (QED) is 0.519. The molecule has 4 atom stereocenters. The van der Waals surface area contributed by atoms with Gasteiger partial charge in [0.05, 0.1) is 0 Å². The summed E-state index contributed by atoms with van der Waals surface area (Å²) in [5.74, 6) is 0. The maximum Gasteiger partial charge on any atom is -0.0429 e. The van der Waals surface area contributed by atoms with Gasteiger partial charge in [0.15, 0.2) is 0 Å². The Morgan fingerprint density at radius 1 is 1.40 bits per heavy atom. The van der Waals surface area contributed by atoms with Crippen LogP contribution in [0, 0.1) is 0 Å². The Balaban J connectivity index is 2.54. The lowest BCUT2D eigenvalue weighted by molar-refractivity contribution is 5.07. The lowest BCUT2D eigenvalue weighted by Gasteiger charge is -1.92. The molecule has 32 valence electrons. The van der Waals surface area contributed by atoms with Gasteiger partial charge in [-0.15, -0.1) is 26.8 Å². The lowest BCUT2D eigenvalue weighted by atomic mass is 29.1. The van der Waals surface area contributed by atoms with E-state index in [4.69, 9.17) is 0 Å². The maximum absolute atomic E-state index is 2.75. The summed E-state index contributed by atoms with van der Waals surface area (Å²) in [7, 11) is 9.24. The molecule has 0 radical (unpaired) electrons. The second kappa shape index (κ2) is 4.31. The zero-order chi connectivity index (χ0) is 4.28. The highest BCUT2D eigenvalue weighted by atomic mass is 32.8. The van der Waals surface area contributed by atoms with E-state index in [1.807, 2.05) is 0 Å². The summed E-state index contributed by atoms with van der Waals surface area (Å²) in [6.45, 7) is 0.226. The van der Waals surface area contributed by atoms with Crippen LogP contribution < -0.4 is 0 Å². The summed E-state index contributed by atoms with van der Waals surface area (Å²) < 4.78 is 0.